The molecule has 5 aromatic rings. The Balaban J connectivity index is 0.00000112. The minimum atomic E-state index is 0.575. The van der Waals surface area contributed by atoms with Gasteiger partial charge in [0.1, 0.15) is 17.1 Å². The van der Waals surface area contributed by atoms with E-state index in [-0.39, 0.29) is 0 Å². The van der Waals surface area contributed by atoms with Crippen LogP contribution >= 0.6 is 0 Å². The van der Waals surface area contributed by atoms with Crippen molar-refractivity contribution in [2.45, 2.75) is 58.3 Å². The van der Waals surface area contributed by atoms with Gasteiger partial charge < -0.3 is 9.88 Å². The molecule has 0 radical (unpaired) electrons. The number of aromatic amines is 1. The summed E-state index contributed by atoms with van der Waals surface area (Å²) in [4.78, 5) is 29.8. The fourth-order valence-corrected chi connectivity index (χ4v) is 5.41. The Morgan fingerprint density at radius 2 is 1.69 bits per heavy atom. The third-order valence-corrected chi connectivity index (χ3v) is 7.32. The summed E-state index contributed by atoms with van der Waals surface area (Å²) >= 11 is 0. The fourth-order valence-electron chi connectivity index (χ4n) is 5.41. The highest BCUT2D eigenvalue weighted by Crippen LogP contribution is 2.42. The highest BCUT2D eigenvalue weighted by molar-refractivity contribution is 6.11. The molecule has 178 valence electrons. The SMILES string of the molecule is CC.c1cnc2[nH]c3nccc(-c4nc(N5CCCCC5)c5c(C6CCC6)cncc5n4)c3c2c1. The van der Waals surface area contributed by atoms with Crippen molar-refractivity contribution in [2.24, 2.45) is 0 Å². The molecule has 2 aliphatic rings. The van der Waals surface area contributed by atoms with E-state index < -0.39 is 0 Å². The summed E-state index contributed by atoms with van der Waals surface area (Å²) in [5, 5.41) is 3.26. The van der Waals surface area contributed by atoms with E-state index in [1.165, 1.54) is 49.5 Å². The Hall–Kier alpha value is -3.61. The molecule has 35 heavy (non-hydrogen) atoms. The maximum atomic E-state index is 5.26. The third-order valence-electron chi connectivity index (χ3n) is 7.32. The van der Waals surface area contributed by atoms with E-state index in [2.05, 4.69) is 37.1 Å². The highest BCUT2D eigenvalue weighted by atomic mass is 15.2. The quantitative estimate of drug-likeness (QED) is 0.332. The Kier molecular flexibility index (Phi) is 5.76. The van der Waals surface area contributed by atoms with Crippen LogP contribution in [0.25, 0.3) is 44.4 Å². The van der Waals surface area contributed by atoms with Crippen molar-refractivity contribution in [2.75, 3.05) is 18.0 Å². The van der Waals surface area contributed by atoms with Crippen LogP contribution in [0.3, 0.4) is 0 Å². The van der Waals surface area contributed by atoms with Gasteiger partial charge in [0, 0.05) is 53.4 Å². The van der Waals surface area contributed by atoms with E-state index in [4.69, 9.17) is 9.97 Å². The van der Waals surface area contributed by atoms with E-state index in [1.54, 1.807) is 6.20 Å². The fraction of sp³-hybridized carbons (Fsp3) is 0.393. The summed E-state index contributed by atoms with van der Waals surface area (Å²) in [6.45, 7) is 6.08. The Morgan fingerprint density at radius 3 is 2.49 bits per heavy atom. The molecule has 1 saturated heterocycles. The van der Waals surface area contributed by atoms with Gasteiger partial charge in [0.25, 0.3) is 0 Å². The molecule has 0 atom stereocenters. The zero-order valence-corrected chi connectivity index (χ0v) is 20.5. The van der Waals surface area contributed by atoms with Crippen LogP contribution in [-0.4, -0.2) is 43.0 Å². The number of hydrogen-bond acceptors (Lipinski definition) is 6. The molecule has 0 spiro atoms. The summed E-state index contributed by atoms with van der Waals surface area (Å²) in [5.74, 6) is 2.38. The Labute approximate surface area is 205 Å². The second kappa shape index (κ2) is 9.21. The molecule has 1 aliphatic carbocycles. The van der Waals surface area contributed by atoms with Gasteiger partial charge in [-0.1, -0.05) is 20.3 Å². The largest absolute Gasteiger partial charge is 0.356 e. The van der Waals surface area contributed by atoms with Crippen LogP contribution in [0.5, 0.6) is 0 Å². The van der Waals surface area contributed by atoms with Crippen LogP contribution in [-0.2, 0) is 0 Å². The average Bonchev–Trinajstić information content (AvgIpc) is 3.28. The summed E-state index contributed by atoms with van der Waals surface area (Å²) in [7, 11) is 0. The maximum absolute atomic E-state index is 5.26. The Morgan fingerprint density at radius 1 is 0.857 bits per heavy atom. The lowest BCUT2D eigenvalue weighted by Crippen LogP contribution is -2.31. The van der Waals surface area contributed by atoms with Crippen LogP contribution in [0.1, 0.15) is 63.9 Å². The number of nitrogens with zero attached hydrogens (tertiary/aromatic N) is 6. The molecule has 0 aromatic carbocycles. The lowest BCUT2D eigenvalue weighted by atomic mass is 9.79. The van der Waals surface area contributed by atoms with Crippen LogP contribution in [0.4, 0.5) is 5.82 Å². The second-order valence-electron chi connectivity index (χ2n) is 9.28. The van der Waals surface area contributed by atoms with E-state index in [9.17, 15) is 0 Å². The zero-order chi connectivity index (χ0) is 23.8. The van der Waals surface area contributed by atoms with Crippen molar-refractivity contribution >= 4 is 38.8 Å². The van der Waals surface area contributed by atoms with Gasteiger partial charge in [0.2, 0.25) is 0 Å². The van der Waals surface area contributed by atoms with Crippen molar-refractivity contribution < 1.29 is 0 Å². The molecule has 7 nitrogen and oxygen atoms in total. The number of nitrogens with one attached hydrogen (secondary N) is 1. The summed E-state index contributed by atoms with van der Waals surface area (Å²) < 4.78 is 0. The van der Waals surface area contributed by atoms with Crippen molar-refractivity contribution in [3.63, 3.8) is 0 Å². The normalized spacial score (nSPS) is 16.3. The molecular weight excluding hydrogens is 434 g/mol. The van der Waals surface area contributed by atoms with E-state index >= 15 is 0 Å². The number of anilines is 1. The van der Waals surface area contributed by atoms with Crippen LogP contribution in [0.15, 0.2) is 43.0 Å². The molecular formula is C28H31N7. The average molecular weight is 466 g/mol. The number of piperidine rings is 1. The maximum Gasteiger partial charge on any atom is 0.163 e. The van der Waals surface area contributed by atoms with Gasteiger partial charge in [-0.25, -0.2) is 19.9 Å². The van der Waals surface area contributed by atoms with Crippen molar-refractivity contribution in [1.82, 2.24) is 29.9 Å². The van der Waals surface area contributed by atoms with Crippen molar-refractivity contribution in [3.05, 3.63) is 48.5 Å². The monoisotopic (exact) mass is 465 g/mol. The minimum absolute atomic E-state index is 0.575. The Bertz CT molecular complexity index is 1500. The predicted molar refractivity (Wildman–Crippen MR) is 142 cm³/mol. The first-order chi connectivity index (χ1) is 17.4. The van der Waals surface area contributed by atoms with Gasteiger partial charge in [-0.15, -0.1) is 0 Å². The standard InChI is InChI=1S/C26H25N7.C2H6/c1-2-12-33(13-3-1)26-22-19(16-6-4-7-16)14-27-15-20(22)30-24(32-26)18-9-11-29-25-21(18)17-8-5-10-28-23(17)31-25;1-2/h5,8-11,14-16H,1-4,6-7,12-13H2,(H,28,29,31);1-2H3. The van der Waals surface area contributed by atoms with Gasteiger partial charge in [-0.05, 0) is 61.8 Å². The summed E-state index contributed by atoms with van der Waals surface area (Å²) in [6, 6.07) is 6.06. The lowest BCUT2D eigenvalue weighted by molar-refractivity contribution is 0.421. The summed E-state index contributed by atoms with van der Waals surface area (Å²) in [5.41, 5.74) is 4.88. The van der Waals surface area contributed by atoms with Gasteiger partial charge in [0.15, 0.2) is 5.82 Å². The molecule has 7 heteroatoms. The smallest absolute Gasteiger partial charge is 0.163 e. The molecule has 0 unspecified atom stereocenters. The zero-order valence-electron chi connectivity index (χ0n) is 20.5. The highest BCUT2D eigenvalue weighted by Gasteiger charge is 2.27. The summed E-state index contributed by atoms with van der Waals surface area (Å²) in [6.07, 6.45) is 15.0. The van der Waals surface area contributed by atoms with Crippen LogP contribution in [0, 0.1) is 0 Å². The van der Waals surface area contributed by atoms with Crippen LogP contribution in [0.2, 0.25) is 0 Å². The van der Waals surface area contributed by atoms with Gasteiger partial charge in [-0.3, -0.25) is 4.98 Å². The lowest BCUT2D eigenvalue weighted by Gasteiger charge is -2.32. The van der Waals surface area contributed by atoms with E-state index in [0.717, 1.165) is 57.9 Å². The molecule has 5 aromatic heterocycles. The number of fused-ring (bicyclic) bond motifs is 4. The number of hydrogen-bond donors (Lipinski definition) is 1. The van der Waals surface area contributed by atoms with E-state index in [0.29, 0.717) is 5.92 Å². The topological polar surface area (TPSA) is 83.5 Å². The predicted octanol–water partition coefficient (Wildman–Crippen LogP) is 6.40. The first-order valence-corrected chi connectivity index (χ1v) is 13.0. The molecule has 1 N–H and O–H groups in total. The minimum Gasteiger partial charge on any atom is -0.356 e. The molecule has 6 heterocycles. The van der Waals surface area contributed by atoms with Crippen molar-refractivity contribution in [1.29, 1.82) is 0 Å². The number of rotatable bonds is 3. The molecule has 1 saturated carbocycles. The van der Waals surface area contributed by atoms with Crippen LogP contribution < -0.4 is 4.90 Å². The molecule has 0 bridgehead atoms. The van der Waals surface area contributed by atoms with E-state index in [1.807, 2.05) is 38.4 Å². The molecule has 0 amide bonds. The molecule has 1 aliphatic heterocycles. The number of H-pyrrole nitrogens is 1. The third kappa shape index (κ3) is 3.70. The number of pyridine rings is 3. The van der Waals surface area contributed by atoms with Crippen molar-refractivity contribution in [3.8, 4) is 11.4 Å². The van der Waals surface area contributed by atoms with Gasteiger partial charge in [-0.2, -0.15) is 0 Å². The molecule has 2 fully saturated rings. The van der Waals surface area contributed by atoms with Gasteiger partial charge >= 0.3 is 0 Å². The first kappa shape index (κ1) is 21.9. The number of aromatic nitrogens is 6. The second-order valence-corrected chi connectivity index (χ2v) is 9.28. The first-order valence-electron chi connectivity index (χ1n) is 13.0. The van der Waals surface area contributed by atoms with Gasteiger partial charge in [0.05, 0.1) is 11.7 Å². The molecule has 7 rings (SSSR count).